The lowest BCUT2D eigenvalue weighted by molar-refractivity contribution is -0.715. The standard InChI is InChI=1S/C13H24NO/c1-5-7-8-9-14-12(11(3)4)10-15-13(14)6-2/h10-11H,5-9H2,1-4H3/q+1. The minimum atomic E-state index is 0.552. The molecule has 2 heteroatoms. The molecule has 0 fully saturated rings. The highest BCUT2D eigenvalue weighted by atomic mass is 16.3. The van der Waals surface area contributed by atoms with Crippen LogP contribution >= 0.6 is 0 Å². The second-order valence-corrected chi connectivity index (χ2v) is 4.42. The molecular formula is C13H24NO+. The fraction of sp³-hybridized carbons (Fsp3) is 0.769. The van der Waals surface area contributed by atoms with Gasteiger partial charge in [0.1, 0.15) is 0 Å². The number of oxazole rings is 1. The lowest BCUT2D eigenvalue weighted by Crippen LogP contribution is -2.40. The number of aryl methyl sites for hydroxylation is 1. The van der Waals surface area contributed by atoms with Crippen LogP contribution in [-0.4, -0.2) is 0 Å². The fourth-order valence-corrected chi connectivity index (χ4v) is 1.90. The number of nitrogens with zero attached hydrogens (tertiary/aromatic N) is 1. The van der Waals surface area contributed by atoms with Gasteiger partial charge in [-0.2, -0.15) is 4.57 Å². The van der Waals surface area contributed by atoms with Gasteiger partial charge in [-0.1, -0.05) is 34.1 Å². The van der Waals surface area contributed by atoms with E-state index in [1.165, 1.54) is 25.0 Å². The number of unbranched alkanes of at least 4 members (excludes halogenated alkanes) is 2. The van der Waals surface area contributed by atoms with E-state index in [-0.39, 0.29) is 0 Å². The predicted molar refractivity (Wildman–Crippen MR) is 61.9 cm³/mol. The molecule has 1 aromatic rings. The van der Waals surface area contributed by atoms with Gasteiger partial charge in [-0.3, -0.25) is 0 Å². The third-order valence-corrected chi connectivity index (χ3v) is 2.81. The molecule has 2 nitrogen and oxygen atoms in total. The Hall–Kier alpha value is -0.790. The van der Waals surface area contributed by atoms with Crippen LogP contribution < -0.4 is 4.57 Å². The van der Waals surface area contributed by atoms with E-state index in [9.17, 15) is 0 Å². The molecule has 0 aliphatic rings. The molecule has 0 saturated carbocycles. The minimum absolute atomic E-state index is 0.552. The molecule has 0 bridgehead atoms. The maximum atomic E-state index is 5.60. The third kappa shape index (κ3) is 3.08. The molecule has 0 aliphatic carbocycles. The van der Waals surface area contributed by atoms with E-state index in [0.717, 1.165) is 18.9 Å². The van der Waals surface area contributed by atoms with Crippen molar-refractivity contribution in [2.45, 2.75) is 65.8 Å². The number of hydrogen-bond acceptors (Lipinski definition) is 1. The van der Waals surface area contributed by atoms with Gasteiger partial charge in [0, 0.05) is 12.3 Å². The maximum Gasteiger partial charge on any atom is 0.346 e. The summed E-state index contributed by atoms with van der Waals surface area (Å²) in [6, 6.07) is 0. The number of rotatable bonds is 6. The highest BCUT2D eigenvalue weighted by Gasteiger charge is 2.22. The normalized spacial score (nSPS) is 11.3. The van der Waals surface area contributed by atoms with Gasteiger partial charge in [-0.05, 0) is 6.42 Å². The first kappa shape index (κ1) is 12.3. The molecule has 0 amide bonds. The van der Waals surface area contributed by atoms with Gasteiger partial charge in [0.2, 0.25) is 5.69 Å². The zero-order valence-electron chi connectivity index (χ0n) is 10.5. The first-order valence-corrected chi connectivity index (χ1v) is 6.20. The van der Waals surface area contributed by atoms with Gasteiger partial charge in [0.15, 0.2) is 12.8 Å². The smallest absolute Gasteiger partial charge is 0.346 e. The van der Waals surface area contributed by atoms with Crippen molar-refractivity contribution in [3.63, 3.8) is 0 Å². The monoisotopic (exact) mass is 210 g/mol. The summed E-state index contributed by atoms with van der Waals surface area (Å²) in [5, 5.41) is 0. The van der Waals surface area contributed by atoms with Crippen molar-refractivity contribution in [1.82, 2.24) is 0 Å². The van der Waals surface area contributed by atoms with Crippen molar-refractivity contribution < 1.29 is 8.98 Å². The summed E-state index contributed by atoms with van der Waals surface area (Å²) in [5.74, 6) is 1.67. The average Bonchev–Trinajstić information content (AvgIpc) is 2.61. The van der Waals surface area contributed by atoms with Gasteiger partial charge >= 0.3 is 5.89 Å². The molecule has 1 aromatic heterocycles. The Bertz CT molecular complexity index is 289. The van der Waals surface area contributed by atoms with Crippen LogP contribution in [0.1, 0.15) is 64.5 Å². The van der Waals surface area contributed by atoms with E-state index >= 15 is 0 Å². The summed E-state index contributed by atoms with van der Waals surface area (Å²) in [6.45, 7) is 9.95. The second-order valence-electron chi connectivity index (χ2n) is 4.42. The van der Waals surface area contributed by atoms with E-state index in [1.54, 1.807) is 0 Å². The topological polar surface area (TPSA) is 17.0 Å². The van der Waals surface area contributed by atoms with Crippen molar-refractivity contribution in [3.8, 4) is 0 Å². The van der Waals surface area contributed by atoms with Crippen LogP contribution in [0.3, 0.4) is 0 Å². The number of hydrogen-bond donors (Lipinski definition) is 0. The van der Waals surface area contributed by atoms with Crippen LogP contribution in [0.2, 0.25) is 0 Å². The largest absolute Gasteiger partial charge is 0.410 e. The molecule has 0 N–H and O–H groups in total. The summed E-state index contributed by atoms with van der Waals surface area (Å²) in [6.07, 6.45) is 6.75. The van der Waals surface area contributed by atoms with Gasteiger partial charge in [0.25, 0.3) is 0 Å². The third-order valence-electron chi connectivity index (χ3n) is 2.81. The van der Waals surface area contributed by atoms with Crippen LogP contribution in [0.15, 0.2) is 10.7 Å². The summed E-state index contributed by atoms with van der Waals surface area (Å²) in [7, 11) is 0. The van der Waals surface area contributed by atoms with Crippen LogP contribution in [0, 0.1) is 0 Å². The summed E-state index contributed by atoms with van der Waals surface area (Å²) >= 11 is 0. The van der Waals surface area contributed by atoms with Crippen LogP contribution in [0.5, 0.6) is 0 Å². The molecule has 86 valence electrons. The molecule has 0 unspecified atom stereocenters. The lowest BCUT2D eigenvalue weighted by Gasteiger charge is -2.01. The van der Waals surface area contributed by atoms with Crippen molar-refractivity contribution >= 4 is 0 Å². The average molecular weight is 210 g/mol. The van der Waals surface area contributed by atoms with E-state index in [2.05, 4.69) is 32.3 Å². The Labute approximate surface area is 93.3 Å². The first-order chi connectivity index (χ1) is 7.20. The molecule has 0 saturated heterocycles. The minimum Gasteiger partial charge on any atom is -0.410 e. The molecule has 0 aromatic carbocycles. The highest BCUT2D eigenvalue weighted by molar-refractivity contribution is 4.92. The lowest BCUT2D eigenvalue weighted by atomic mass is 10.1. The fourth-order valence-electron chi connectivity index (χ4n) is 1.90. The van der Waals surface area contributed by atoms with E-state index < -0.39 is 0 Å². The maximum absolute atomic E-state index is 5.60. The van der Waals surface area contributed by atoms with Crippen LogP contribution in [0.4, 0.5) is 0 Å². The summed E-state index contributed by atoms with van der Waals surface area (Å²) in [5.41, 5.74) is 1.34. The van der Waals surface area contributed by atoms with Crippen molar-refractivity contribution in [3.05, 3.63) is 17.8 Å². The van der Waals surface area contributed by atoms with E-state index in [1.807, 2.05) is 6.26 Å². The SMILES string of the molecule is CCCCC[n+]1c(C(C)C)coc1CC. The molecule has 15 heavy (non-hydrogen) atoms. The Morgan fingerprint density at radius 3 is 2.53 bits per heavy atom. The quantitative estimate of drug-likeness (QED) is 0.519. The van der Waals surface area contributed by atoms with Gasteiger partial charge < -0.3 is 4.42 Å². The van der Waals surface area contributed by atoms with Crippen LogP contribution in [-0.2, 0) is 13.0 Å². The van der Waals surface area contributed by atoms with Gasteiger partial charge in [-0.25, -0.2) is 0 Å². The zero-order valence-corrected chi connectivity index (χ0v) is 10.5. The van der Waals surface area contributed by atoms with Gasteiger partial charge in [0.05, 0.1) is 6.42 Å². The highest BCUT2D eigenvalue weighted by Crippen LogP contribution is 2.12. The van der Waals surface area contributed by atoms with Crippen molar-refractivity contribution in [1.29, 1.82) is 0 Å². The van der Waals surface area contributed by atoms with Gasteiger partial charge in [-0.15, -0.1) is 0 Å². The van der Waals surface area contributed by atoms with Crippen LogP contribution in [0.25, 0.3) is 0 Å². The van der Waals surface area contributed by atoms with Crippen molar-refractivity contribution in [2.75, 3.05) is 0 Å². The molecule has 0 spiro atoms. The molecule has 0 aliphatic heterocycles. The van der Waals surface area contributed by atoms with E-state index in [4.69, 9.17) is 4.42 Å². The zero-order chi connectivity index (χ0) is 11.3. The predicted octanol–water partition coefficient (Wildman–Crippen LogP) is 3.44. The molecule has 0 atom stereocenters. The van der Waals surface area contributed by atoms with Crippen molar-refractivity contribution in [2.24, 2.45) is 0 Å². The Balaban J connectivity index is 2.75. The summed E-state index contributed by atoms with van der Waals surface area (Å²) in [4.78, 5) is 0. The Morgan fingerprint density at radius 2 is 2.00 bits per heavy atom. The Morgan fingerprint density at radius 1 is 1.27 bits per heavy atom. The number of aromatic nitrogens is 1. The molecule has 0 radical (unpaired) electrons. The molecule has 1 rings (SSSR count). The Kier molecular flexibility index (Phi) is 4.86. The molecular weight excluding hydrogens is 186 g/mol. The van der Waals surface area contributed by atoms with E-state index in [0.29, 0.717) is 5.92 Å². The summed E-state index contributed by atoms with van der Waals surface area (Å²) < 4.78 is 7.96. The first-order valence-electron chi connectivity index (χ1n) is 6.20. The molecule has 1 heterocycles. The second kappa shape index (κ2) is 5.94.